The number of nitrogens with one attached hydrogen (secondary N) is 1. The van der Waals surface area contributed by atoms with Crippen molar-refractivity contribution in [2.24, 2.45) is 0 Å². The van der Waals surface area contributed by atoms with Gasteiger partial charge in [0.05, 0.1) is 10.1 Å². The number of carbonyl (C=O) groups is 1. The molecule has 0 saturated heterocycles. The number of amides is 1. The van der Waals surface area contributed by atoms with Crippen LogP contribution in [0.2, 0.25) is 0 Å². The number of hydrogen-bond acceptors (Lipinski definition) is 3. The minimum atomic E-state index is -0.398. The van der Waals surface area contributed by atoms with E-state index in [0.717, 1.165) is 11.5 Å². The second-order valence-corrected chi connectivity index (χ2v) is 5.55. The van der Waals surface area contributed by atoms with Crippen molar-refractivity contribution in [2.45, 2.75) is 6.54 Å². The fraction of sp³-hybridized carbons (Fsp3) is 0.0667. The second kappa shape index (κ2) is 5.49. The second-order valence-electron chi connectivity index (χ2n) is 4.49. The van der Waals surface area contributed by atoms with Crippen molar-refractivity contribution in [1.82, 2.24) is 3.96 Å². The molecular weight excluding hydrogens is 291 g/mol. The number of nitrogens with zero attached hydrogens (tertiary/aromatic N) is 1. The van der Waals surface area contributed by atoms with Crippen LogP contribution in [-0.4, -0.2) is 9.86 Å². The van der Waals surface area contributed by atoms with E-state index in [2.05, 4.69) is 5.32 Å². The normalized spacial score (nSPS) is 10.7. The molecule has 1 heterocycles. The maximum absolute atomic E-state index is 13.1. The van der Waals surface area contributed by atoms with Gasteiger partial charge in [-0.25, -0.2) is 4.39 Å². The van der Waals surface area contributed by atoms with Crippen molar-refractivity contribution < 1.29 is 9.18 Å². The van der Waals surface area contributed by atoms with Gasteiger partial charge in [-0.05, 0) is 30.3 Å². The Kier molecular flexibility index (Phi) is 3.53. The number of halogens is 1. The summed E-state index contributed by atoms with van der Waals surface area (Å²) in [5.41, 5.74) is 0.390. The molecule has 1 N–H and O–H groups in total. The van der Waals surface area contributed by atoms with Gasteiger partial charge in [0.2, 0.25) is 5.91 Å². The van der Waals surface area contributed by atoms with Crippen LogP contribution in [0.15, 0.2) is 53.3 Å². The summed E-state index contributed by atoms with van der Waals surface area (Å²) in [5.74, 6) is -0.694. The van der Waals surface area contributed by atoms with Crippen molar-refractivity contribution >= 4 is 33.2 Å². The van der Waals surface area contributed by atoms with Gasteiger partial charge in [0.25, 0.3) is 5.56 Å². The summed E-state index contributed by atoms with van der Waals surface area (Å²) in [7, 11) is 0. The van der Waals surface area contributed by atoms with Gasteiger partial charge in [0.1, 0.15) is 12.4 Å². The van der Waals surface area contributed by atoms with E-state index in [4.69, 9.17) is 0 Å². The number of aromatic nitrogens is 1. The maximum Gasteiger partial charge on any atom is 0.269 e. The average molecular weight is 302 g/mol. The van der Waals surface area contributed by atoms with Crippen LogP contribution < -0.4 is 10.9 Å². The average Bonchev–Trinajstić information content (AvgIpc) is 2.75. The van der Waals surface area contributed by atoms with Crippen LogP contribution >= 0.6 is 11.5 Å². The molecule has 1 amide bonds. The Labute approximate surface area is 123 Å². The quantitative estimate of drug-likeness (QED) is 0.809. The number of anilines is 1. The molecule has 0 unspecified atom stereocenters. The van der Waals surface area contributed by atoms with Crippen LogP contribution in [-0.2, 0) is 11.3 Å². The molecule has 0 aliphatic heterocycles. The van der Waals surface area contributed by atoms with E-state index >= 15 is 0 Å². The lowest BCUT2D eigenvalue weighted by molar-refractivity contribution is -0.116. The van der Waals surface area contributed by atoms with Crippen molar-refractivity contribution in [3.05, 3.63) is 64.7 Å². The van der Waals surface area contributed by atoms with Crippen LogP contribution in [0.5, 0.6) is 0 Å². The van der Waals surface area contributed by atoms with Gasteiger partial charge in [0, 0.05) is 5.69 Å². The lowest BCUT2D eigenvalue weighted by Gasteiger charge is -2.04. The van der Waals surface area contributed by atoms with Gasteiger partial charge in [-0.15, -0.1) is 0 Å². The topological polar surface area (TPSA) is 51.1 Å². The summed E-state index contributed by atoms with van der Waals surface area (Å²) in [6.45, 7) is -0.0886. The lowest BCUT2D eigenvalue weighted by Crippen LogP contribution is -2.23. The fourth-order valence-electron chi connectivity index (χ4n) is 2.00. The van der Waals surface area contributed by atoms with E-state index < -0.39 is 5.82 Å². The molecule has 0 atom stereocenters. The lowest BCUT2D eigenvalue weighted by atomic mass is 10.3. The molecule has 0 saturated carbocycles. The van der Waals surface area contributed by atoms with Gasteiger partial charge in [-0.1, -0.05) is 29.7 Å². The zero-order valence-corrected chi connectivity index (χ0v) is 11.7. The first-order valence-electron chi connectivity index (χ1n) is 6.28. The molecule has 0 bridgehead atoms. The molecule has 1 aromatic heterocycles. The van der Waals surface area contributed by atoms with E-state index in [-0.39, 0.29) is 18.0 Å². The maximum atomic E-state index is 13.1. The third-order valence-corrected chi connectivity index (χ3v) is 4.00. The Morgan fingerprint density at radius 2 is 1.95 bits per heavy atom. The highest BCUT2D eigenvalue weighted by Gasteiger charge is 2.11. The third-order valence-electron chi connectivity index (χ3n) is 2.95. The SMILES string of the molecule is O=C(Cn1sc2cc(F)ccc2c1=O)Nc1ccccc1. The number of benzene rings is 2. The van der Waals surface area contributed by atoms with Crippen LogP contribution in [0, 0.1) is 5.82 Å². The summed E-state index contributed by atoms with van der Waals surface area (Å²) >= 11 is 1.08. The molecule has 0 aliphatic rings. The highest BCUT2D eigenvalue weighted by molar-refractivity contribution is 7.13. The molecular formula is C15H11FN2O2S. The first-order chi connectivity index (χ1) is 10.1. The molecule has 6 heteroatoms. The van der Waals surface area contributed by atoms with Gasteiger partial charge in [-0.3, -0.25) is 13.5 Å². The van der Waals surface area contributed by atoms with E-state index in [9.17, 15) is 14.0 Å². The number of carbonyl (C=O) groups excluding carboxylic acids is 1. The van der Waals surface area contributed by atoms with Gasteiger partial charge < -0.3 is 5.32 Å². The Morgan fingerprint density at radius 1 is 1.19 bits per heavy atom. The van der Waals surface area contributed by atoms with E-state index in [0.29, 0.717) is 15.8 Å². The minimum Gasteiger partial charge on any atom is -0.325 e. The standard InChI is InChI=1S/C15H11FN2O2S/c16-10-6-7-12-13(8-10)21-18(15(12)20)9-14(19)17-11-4-2-1-3-5-11/h1-8H,9H2,(H,17,19). The van der Waals surface area contributed by atoms with Gasteiger partial charge in [-0.2, -0.15) is 0 Å². The van der Waals surface area contributed by atoms with E-state index in [1.807, 2.05) is 18.2 Å². The number of para-hydroxylation sites is 1. The molecule has 2 aromatic carbocycles. The van der Waals surface area contributed by atoms with E-state index in [1.165, 1.54) is 22.2 Å². The Morgan fingerprint density at radius 3 is 2.71 bits per heavy atom. The van der Waals surface area contributed by atoms with Crippen molar-refractivity contribution in [3.8, 4) is 0 Å². The predicted octanol–water partition coefficient (Wildman–Crippen LogP) is 2.84. The first-order valence-corrected chi connectivity index (χ1v) is 7.05. The number of rotatable bonds is 3. The van der Waals surface area contributed by atoms with Crippen molar-refractivity contribution in [1.29, 1.82) is 0 Å². The summed E-state index contributed by atoms with van der Waals surface area (Å²) in [5, 5.41) is 3.13. The molecule has 0 radical (unpaired) electrons. The monoisotopic (exact) mass is 302 g/mol. The van der Waals surface area contributed by atoms with Crippen LogP contribution in [0.25, 0.3) is 10.1 Å². The zero-order valence-electron chi connectivity index (χ0n) is 10.9. The molecule has 21 heavy (non-hydrogen) atoms. The van der Waals surface area contributed by atoms with Gasteiger partial charge in [0.15, 0.2) is 0 Å². The third kappa shape index (κ3) is 2.85. The highest BCUT2D eigenvalue weighted by Crippen LogP contribution is 2.18. The Hall–Kier alpha value is -2.47. The minimum absolute atomic E-state index is 0.0886. The predicted molar refractivity (Wildman–Crippen MR) is 81.1 cm³/mol. The van der Waals surface area contributed by atoms with Crippen molar-refractivity contribution in [3.63, 3.8) is 0 Å². The molecule has 4 nitrogen and oxygen atoms in total. The highest BCUT2D eigenvalue weighted by atomic mass is 32.1. The fourth-order valence-corrected chi connectivity index (χ4v) is 3.02. The molecule has 3 rings (SSSR count). The first kappa shape index (κ1) is 13.5. The number of fused-ring (bicyclic) bond motifs is 1. The molecule has 0 aliphatic carbocycles. The summed E-state index contributed by atoms with van der Waals surface area (Å²) < 4.78 is 15.0. The summed E-state index contributed by atoms with van der Waals surface area (Å²) in [6.07, 6.45) is 0. The van der Waals surface area contributed by atoms with Crippen LogP contribution in [0.3, 0.4) is 0 Å². The molecule has 0 spiro atoms. The Balaban J connectivity index is 1.83. The largest absolute Gasteiger partial charge is 0.325 e. The number of hydrogen-bond donors (Lipinski definition) is 1. The van der Waals surface area contributed by atoms with Crippen LogP contribution in [0.1, 0.15) is 0 Å². The summed E-state index contributed by atoms with van der Waals surface area (Å²) in [4.78, 5) is 24.0. The summed E-state index contributed by atoms with van der Waals surface area (Å²) in [6, 6.07) is 13.0. The molecule has 3 aromatic rings. The van der Waals surface area contributed by atoms with Gasteiger partial charge >= 0.3 is 0 Å². The van der Waals surface area contributed by atoms with E-state index in [1.54, 1.807) is 12.1 Å². The molecule has 106 valence electrons. The van der Waals surface area contributed by atoms with Crippen LogP contribution in [0.4, 0.5) is 10.1 Å². The zero-order chi connectivity index (χ0) is 14.8. The van der Waals surface area contributed by atoms with Crippen molar-refractivity contribution in [2.75, 3.05) is 5.32 Å². The molecule has 0 fully saturated rings. The Bertz CT molecular complexity index is 855. The smallest absolute Gasteiger partial charge is 0.269 e.